The topological polar surface area (TPSA) is 97.3 Å². The summed E-state index contributed by atoms with van der Waals surface area (Å²) in [5, 5.41) is 4.53. The van der Waals surface area contributed by atoms with Crippen molar-refractivity contribution in [2.45, 2.75) is 25.8 Å². The van der Waals surface area contributed by atoms with Gasteiger partial charge in [-0.25, -0.2) is 15.0 Å². The number of aromatic nitrogens is 3. The van der Waals surface area contributed by atoms with Gasteiger partial charge in [0.1, 0.15) is 11.3 Å². The van der Waals surface area contributed by atoms with Gasteiger partial charge in [-0.3, -0.25) is 9.59 Å². The molecule has 2 aliphatic rings. The molecule has 1 aromatic carbocycles. The van der Waals surface area contributed by atoms with Crippen molar-refractivity contribution < 1.29 is 14.3 Å². The van der Waals surface area contributed by atoms with E-state index >= 15 is 0 Å². The minimum Gasteiger partial charge on any atom is -0.494 e. The van der Waals surface area contributed by atoms with Gasteiger partial charge in [0.2, 0.25) is 11.1 Å². The monoisotopic (exact) mass is 489 g/mol. The van der Waals surface area contributed by atoms with Gasteiger partial charge in [-0.15, -0.1) is 0 Å². The Morgan fingerprint density at radius 3 is 2.77 bits per heavy atom. The number of Topliss-reactive ketones (excluding diaryl/α,β-unsaturated/α-hetero) is 1. The van der Waals surface area contributed by atoms with Crippen LogP contribution in [0.4, 0.5) is 5.95 Å². The highest BCUT2D eigenvalue weighted by Gasteiger charge is 2.26. The van der Waals surface area contributed by atoms with Crippen LogP contribution in [-0.4, -0.2) is 52.6 Å². The Balaban J connectivity index is 1.13. The van der Waals surface area contributed by atoms with Crippen molar-refractivity contribution >= 4 is 45.6 Å². The second kappa shape index (κ2) is 10.5. The fraction of sp³-hybridized carbons (Fsp3) is 0.346. The number of piperidine rings is 1. The quantitative estimate of drug-likeness (QED) is 0.394. The van der Waals surface area contributed by atoms with E-state index in [1.807, 2.05) is 18.2 Å². The molecular formula is C26H27N5O3S. The molecule has 1 N–H and O–H groups in total. The van der Waals surface area contributed by atoms with E-state index in [1.54, 1.807) is 25.4 Å². The van der Waals surface area contributed by atoms with Gasteiger partial charge < -0.3 is 15.0 Å². The number of thioether (sulfide) groups is 1. The van der Waals surface area contributed by atoms with Crippen molar-refractivity contribution in [3.05, 3.63) is 58.9 Å². The Morgan fingerprint density at radius 2 is 2.00 bits per heavy atom. The number of para-hydroxylation sites is 1. The minimum absolute atomic E-state index is 0.0267. The SMILES string of the molecule is COc1cccc2ccc(CNCC3CCN(c4nccc(/C=C5\SC(=O)CC5=O)n4)CC3)nc12. The summed E-state index contributed by atoms with van der Waals surface area (Å²) in [4.78, 5) is 39.8. The van der Waals surface area contributed by atoms with Crippen molar-refractivity contribution in [2.75, 3.05) is 31.6 Å². The van der Waals surface area contributed by atoms with Crippen LogP contribution in [0.15, 0.2) is 47.5 Å². The zero-order valence-corrected chi connectivity index (χ0v) is 20.4. The van der Waals surface area contributed by atoms with Crippen LogP contribution in [0.25, 0.3) is 17.0 Å². The summed E-state index contributed by atoms with van der Waals surface area (Å²) in [6.45, 7) is 3.40. The zero-order chi connectivity index (χ0) is 24.2. The number of methoxy groups -OCH3 is 1. The number of ether oxygens (including phenoxy) is 1. The number of allylic oxidation sites excluding steroid dienone is 1. The normalized spacial score (nSPS) is 18.1. The predicted octanol–water partition coefficient (Wildman–Crippen LogP) is 3.61. The molecule has 0 saturated carbocycles. The fourth-order valence-corrected chi connectivity index (χ4v) is 5.25. The van der Waals surface area contributed by atoms with Crippen molar-refractivity contribution in [3.8, 4) is 5.75 Å². The standard InChI is InChI=1S/C26H27N5O3S/c1-34-22-4-2-3-18-5-6-20(29-25(18)22)16-27-15-17-8-11-31(12-9-17)26-28-10-7-19(30-26)13-23-21(32)14-24(33)35-23/h2-7,10,13,17,27H,8-9,11-12,14-16H2,1H3/b23-13-. The van der Waals surface area contributed by atoms with Gasteiger partial charge in [-0.05, 0) is 61.3 Å². The number of fused-ring (bicyclic) bond motifs is 1. The van der Waals surface area contributed by atoms with E-state index in [-0.39, 0.29) is 17.3 Å². The molecule has 0 aliphatic carbocycles. The first kappa shape index (κ1) is 23.4. The molecule has 0 bridgehead atoms. The van der Waals surface area contributed by atoms with Crippen molar-refractivity contribution in [1.82, 2.24) is 20.3 Å². The Hall–Kier alpha value is -3.30. The maximum absolute atomic E-state index is 11.9. The third-order valence-corrected chi connectivity index (χ3v) is 7.28. The summed E-state index contributed by atoms with van der Waals surface area (Å²) in [5.41, 5.74) is 2.55. The molecule has 0 radical (unpaired) electrons. The van der Waals surface area contributed by atoms with Crippen LogP contribution in [0.5, 0.6) is 5.75 Å². The summed E-state index contributed by atoms with van der Waals surface area (Å²) in [5.74, 6) is 1.90. The largest absolute Gasteiger partial charge is 0.494 e. The number of rotatable bonds is 7. The smallest absolute Gasteiger partial charge is 0.225 e. The highest BCUT2D eigenvalue weighted by molar-refractivity contribution is 8.18. The molecule has 3 aromatic rings. The number of benzene rings is 1. The number of hydrogen-bond acceptors (Lipinski definition) is 9. The van der Waals surface area contributed by atoms with Crippen LogP contribution >= 0.6 is 11.8 Å². The molecule has 2 saturated heterocycles. The second-order valence-corrected chi connectivity index (χ2v) is 9.86. The van der Waals surface area contributed by atoms with Gasteiger partial charge in [0.15, 0.2) is 5.78 Å². The van der Waals surface area contributed by atoms with Crippen molar-refractivity contribution in [2.24, 2.45) is 5.92 Å². The van der Waals surface area contributed by atoms with Crippen LogP contribution in [0.2, 0.25) is 0 Å². The number of hydrogen-bond donors (Lipinski definition) is 1. The number of anilines is 1. The van der Waals surface area contributed by atoms with Crippen LogP contribution in [0.3, 0.4) is 0 Å². The number of pyridine rings is 1. The summed E-state index contributed by atoms with van der Waals surface area (Å²) in [7, 11) is 1.67. The second-order valence-electron chi connectivity index (χ2n) is 8.76. The predicted molar refractivity (Wildman–Crippen MR) is 137 cm³/mol. The number of carbonyl (C=O) groups is 2. The van der Waals surface area contributed by atoms with Gasteiger partial charge in [-0.2, -0.15) is 0 Å². The molecule has 9 heteroatoms. The number of nitrogens with one attached hydrogen (secondary N) is 1. The lowest BCUT2D eigenvalue weighted by molar-refractivity contribution is -0.119. The van der Waals surface area contributed by atoms with Gasteiger partial charge in [0, 0.05) is 31.2 Å². The molecular weight excluding hydrogens is 462 g/mol. The highest BCUT2D eigenvalue weighted by atomic mass is 32.2. The van der Waals surface area contributed by atoms with E-state index in [2.05, 4.69) is 32.3 Å². The van der Waals surface area contributed by atoms with Crippen LogP contribution in [0.1, 0.15) is 30.7 Å². The lowest BCUT2D eigenvalue weighted by atomic mass is 9.97. The molecule has 5 rings (SSSR count). The third-order valence-electron chi connectivity index (χ3n) is 6.34. The van der Waals surface area contributed by atoms with Gasteiger partial charge in [-0.1, -0.05) is 18.2 Å². The third kappa shape index (κ3) is 5.52. The summed E-state index contributed by atoms with van der Waals surface area (Å²) < 4.78 is 5.45. The molecule has 180 valence electrons. The van der Waals surface area contributed by atoms with Gasteiger partial charge in [0.25, 0.3) is 0 Å². The molecule has 35 heavy (non-hydrogen) atoms. The summed E-state index contributed by atoms with van der Waals surface area (Å²) >= 11 is 0.999. The Morgan fingerprint density at radius 1 is 1.14 bits per heavy atom. The molecule has 0 unspecified atom stereocenters. The molecule has 0 amide bonds. The van der Waals surface area contributed by atoms with E-state index in [0.29, 0.717) is 29.0 Å². The average molecular weight is 490 g/mol. The maximum atomic E-state index is 11.9. The maximum Gasteiger partial charge on any atom is 0.225 e. The van der Waals surface area contributed by atoms with E-state index in [1.165, 1.54) is 0 Å². The first-order chi connectivity index (χ1) is 17.1. The Labute approximate surface area is 208 Å². The minimum atomic E-state index is -0.133. The first-order valence-electron chi connectivity index (χ1n) is 11.8. The number of carbonyl (C=O) groups excluding carboxylic acids is 2. The summed E-state index contributed by atoms with van der Waals surface area (Å²) in [6.07, 6.45) is 5.46. The first-order valence-corrected chi connectivity index (χ1v) is 12.6. The van der Waals surface area contributed by atoms with Gasteiger partial charge in [0.05, 0.1) is 29.8 Å². The summed E-state index contributed by atoms with van der Waals surface area (Å²) in [6, 6.07) is 11.9. The van der Waals surface area contributed by atoms with E-state index in [4.69, 9.17) is 9.72 Å². The van der Waals surface area contributed by atoms with Crippen LogP contribution < -0.4 is 15.0 Å². The average Bonchev–Trinajstić information content (AvgIpc) is 3.20. The molecule has 8 nitrogen and oxygen atoms in total. The van der Waals surface area contributed by atoms with Crippen LogP contribution in [0, 0.1) is 5.92 Å². The van der Waals surface area contributed by atoms with Crippen LogP contribution in [-0.2, 0) is 16.1 Å². The van der Waals surface area contributed by atoms with E-state index < -0.39 is 0 Å². The highest BCUT2D eigenvalue weighted by Crippen LogP contribution is 2.30. The number of nitrogens with zero attached hydrogens (tertiary/aromatic N) is 4. The van der Waals surface area contributed by atoms with Gasteiger partial charge >= 0.3 is 0 Å². The molecule has 0 spiro atoms. The molecule has 2 fully saturated rings. The molecule has 4 heterocycles. The fourth-order valence-electron chi connectivity index (χ4n) is 4.44. The van der Waals surface area contributed by atoms with Crippen molar-refractivity contribution in [1.29, 1.82) is 0 Å². The lowest BCUT2D eigenvalue weighted by Gasteiger charge is -2.32. The van der Waals surface area contributed by atoms with E-state index in [9.17, 15) is 9.59 Å². The molecule has 0 atom stereocenters. The lowest BCUT2D eigenvalue weighted by Crippen LogP contribution is -2.38. The molecule has 2 aromatic heterocycles. The van der Waals surface area contributed by atoms with E-state index in [0.717, 1.165) is 66.6 Å². The van der Waals surface area contributed by atoms with Crippen molar-refractivity contribution in [3.63, 3.8) is 0 Å². The number of ketones is 1. The zero-order valence-electron chi connectivity index (χ0n) is 19.6. The Bertz CT molecular complexity index is 1290. The molecule has 2 aliphatic heterocycles. The Kier molecular flexibility index (Phi) is 7.06.